The molecular formula is C13H20N4O. The predicted molar refractivity (Wildman–Crippen MR) is 69.8 cm³/mol. The molecule has 5 nitrogen and oxygen atoms in total. The van der Waals surface area contributed by atoms with Crippen LogP contribution in [-0.2, 0) is 19.9 Å². The molecule has 0 bridgehead atoms. The molecule has 18 heavy (non-hydrogen) atoms. The fourth-order valence-corrected chi connectivity index (χ4v) is 2.16. The molecule has 2 aromatic heterocycles. The van der Waals surface area contributed by atoms with E-state index in [1.54, 1.807) is 6.26 Å². The molecule has 0 saturated heterocycles. The normalized spacial score (nSPS) is 12.9. The van der Waals surface area contributed by atoms with E-state index in [1.165, 1.54) is 0 Å². The lowest BCUT2D eigenvalue weighted by Gasteiger charge is -2.15. The van der Waals surface area contributed by atoms with Crippen LogP contribution < -0.4 is 11.3 Å². The number of hydrogen-bond acceptors (Lipinski definition) is 4. The summed E-state index contributed by atoms with van der Waals surface area (Å²) in [4.78, 5) is 0. The zero-order valence-corrected chi connectivity index (χ0v) is 11.1. The summed E-state index contributed by atoms with van der Waals surface area (Å²) in [6.07, 6.45) is 3.43. The standard InChI is InChI=1S/C13H20N4O/c1-4-10-7-11(17(3)16-10)8-13(15-14)12-5-6-18-9(12)2/h5-7,13,15H,4,8,14H2,1-3H3. The van der Waals surface area contributed by atoms with Crippen LogP contribution in [-0.4, -0.2) is 9.78 Å². The Bertz CT molecular complexity index is 515. The minimum Gasteiger partial charge on any atom is -0.469 e. The summed E-state index contributed by atoms with van der Waals surface area (Å²) in [6.45, 7) is 4.05. The maximum Gasteiger partial charge on any atom is 0.105 e. The second kappa shape index (κ2) is 5.37. The van der Waals surface area contributed by atoms with Crippen molar-refractivity contribution in [1.29, 1.82) is 0 Å². The molecule has 0 spiro atoms. The first kappa shape index (κ1) is 12.9. The first-order valence-electron chi connectivity index (χ1n) is 6.17. The molecule has 0 radical (unpaired) electrons. The number of hydrazine groups is 1. The van der Waals surface area contributed by atoms with Gasteiger partial charge in [-0.1, -0.05) is 6.92 Å². The lowest BCUT2D eigenvalue weighted by Crippen LogP contribution is -2.30. The first-order valence-corrected chi connectivity index (χ1v) is 6.17. The number of rotatable bonds is 5. The van der Waals surface area contributed by atoms with Gasteiger partial charge in [-0.3, -0.25) is 16.0 Å². The molecule has 3 N–H and O–H groups in total. The van der Waals surface area contributed by atoms with E-state index in [4.69, 9.17) is 10.3 Å². The molecule has 0 amide bonds. The van der Waals surface area contributed by atoms with Crippen LogP contribution in [0.25, 0.3) is 0 Å². The Morgan fingerprint density at radius 2 is 2.33 bits per heavy atom. The molecule has 2 aromatic rings. The lowest BCUT2D eigenvalue weighted by molar-refractivity contribution is 0.494. The summed E-state index contributed by atoms with van der Waals surface area (Å²) in [7, 11) is 1.96. The second-order valence-electron chi connectivity index (χ2n) is 4.46. The zero-order chi connectivity index (χ0) is 13.1. The van der Waals surface area contributed by atoms with Crippen LogP contribution in [0.3, 0.4) is 0 Å². The average molecular weight is 248 g/mol. The van der Waals surface area contributed by atoms with Gasteiger partial charge < -0.3 is 4.42 Å². The molecular weight excluding hydrogens is 228 g/mol. The van der Waals surface area contributed by atoms with Crippen LogP contribution in [0, 0.1) is 6.92 Å². The molecule has 0 aliphatic heterocycles. The van der Waals surface area contributed by atoms with Crippen LogP contribution in [0.1, 0.15) is 35.7 Å². The third-order valence-corrected chi connectivity index (χ3v) is 3.28. The summed E-state index contributed by atoms with van der Waals surface area (Å²) in [5, 5.41) is 4.44. The smallest absolute Gasteiger partial charge is 0.105 e. The van der Waals surface area contributed by atoms with E-state index >= 15 is 0 Å². The molecule has 0 aliphatic carbocycles. The van der Waals surface area contributed by atoms with Gasteiger partial charge in [-0.05, 0) is 25.5 Å². The average Bonchev–Trinajstić information content (AvgIpc) is 2.93. The third kappa shape index (κ3) is 2.47. The SMILES string of the molecule is CCc1cc(CC(NN)c2ccoc2C)n(C)n1. The van der Waals surface area contributed by atoms with Gasteiger partial charge in [0.05, 0.1) is 18.0 Å². The first-order chi connectivity index (χ1) is 8.65. The van der Waals surface area contributed by atoms with Gasteiger partial charge in [0.2, 0.25) is 0 Å². The van der Waals surface area contributed by atoms with Gasteiger partial charge in [-0.2, -0.15) is 5.10 Å². The minimum atomic E-state index is 0.0452. The van der Waals surface area contributed by atoms with Gasteiger partial charge in [0.15, 0.2) is 0 Å². The van der Waals surface area contributed by atoms with Gasteiger partial charge in [0.25, 0.3) is 0 Å². The number of nitrogens with one attached hydrogen (secondary N) is 1. The third-order valence-electron chi connectivity index (χ3n) is 3.28. The number of aromatic nitrogens is 2. The second-order valence-corrected chi connectivity index (χ2v) is 4.46. The van der Waals surface area contributed by atoms with Crippen molar-refractivity contribution in [2.45, 2.75) is 32.7 Å². The molecule has 2 rings (SSSR count). The van der Waals surface area contributed by atoms with Gasteiger partial charge >= 0.3 is 0 Å². The van der Waals surface area contributed by atoms with E-state index in [9.17, 15) is 0 Å². The topological polar surface area (TPSA) is 69.0 Å². The number of nitrogens with two attached hydrogens (primary N) is 1. The number of furan rings is 1. The van der Waals surface area contributed by atoms with E-state index in [0.29, 0.717) is 0 Å². The van der Waals surface area contributed by atoms with Gasteiger partial charge in [-0.15, -0.1) is 0 Å². The van der Waals surface area contributed by atoms with Crippen molar-refractivity contribution in [3.05, 3.63) is 41.1 Å². The largest absolute Gasteiger partial charge is 0.469 e. The van der Waals surface area contributed by atoms with Crippen LogP contribution in [0.2, 0.25) is 0 Å². The molecule has 0 saturated carbocycles. The van der Waals surface area contributed by atoms with E-state index in [2.05, 4.69) is 23.5 Å². The van der Waals surface area contributed by atoms with Crippen molar-refractivity contribution >= 4 is 0 Å². The molecule has 1 unspecified atom stereocenters. The van der Waals surface area contributed by atoms with Crippen LogP contribution in [0.15, 0.2) is 22.8 Å². The Hall–Kier alpha value is -1.59. The number of hydrogen-bond donors (Lipinski definition) is 2. The molecule has 2 heterocycles. The number of aryl methyl sites for hydroxylation is 3. The Balaban J connectivity index is 2.20. The Kier molecular flexibility index (Phi) is 3.84. The highest BCUT2D eigenvalue weighted by Gasteiger charge is 2.17. The summed E-state index contributed by atoms with van der Waals surface area (Å²) in [5.41, 5.74) is 6.21. The molecule has 0 aliphatic rings. The van der Waals surface area contributed by atoms with Gasteiger partial charge in [0.1, 0.15) is 5.76 Å². The Labute approximate surface area is 107 Å². The van der Waals surface area contributed by atoms with E-state index < -0.39 is 0 Å². The lowest BCUT2D eigenvalue weighted by atomic mass is 10.0. The fourth-order valence-electron chi connectivity index (χ4n) is 2.16. The maximum atomic E-state index is 5.65. The Morgan fingerprint density at radius 3 is 2.83 bits per heavy atom. The van der Waals surface area contributed by atoms with E-state index in [0.717, 1.165) is 35.6 Å². The zero-order valence-electron chi connectivity index (χ0n) is 11.1. The minimum absolute atomic E-state index is 0.0452. The van der Waals surface area contributed by atoms with Crippen molar-refractivity contribution < 1.29 is 4.42 Å². The van der Waals surface area contributed by atoms with Crippen LogP contribution >= 0.6 is 0 Å². The molecule has 1 atom stereocenters. The summed E-state index contributed by atoms with van der Waals surface area (Å²) < 4.78 is 7.24. The van der Waals surface area contributed by atoms with E-state index in [-0.39, 0.29) is 6.04 Å². The number of nitrogens with zero attached hydrogens (tertiary/aromatic N) is 2. The molecule has 5 heteroatoms. The predicted octanol–water partition coefficient (Wildman–Crippen LogP) is 1.63. The highest BCUT2D eigenvalue weighted by atomic mass is 16.3. The van der Waals surface area contributed by atoms with Gasteiger partial charge in [-0.25, -0.2) is 0 Å². The molecule has 0 fully saturated rings. The van der Waals surface area contributed by atoms with Crippen molar-refractivity contribution in [3.63, 3.8) is 0 Å². The van der Waals surface area contributed by atoms with Crippen molar-refractivity contribution in [3.8, 4) is 0 Å². The van der Waals surface area contributed by atoms with Crippen LogP contribution in [0.5, 0.6) is 0 Å². The van der Waals surface area contributed by atoms with Crippen molar-refractivity contribution in [2.75, 3.05) is 0 Å². The van der Waals surface area contributed by atoms with Crippen LogP contribution in [0.4, 0.5) is 0 Å². The highest BCUT2D eigenvalue weighted by molar-refractivity contribution is 5.23. The fraction of sp³-hybridized carbons (Fsp3) is 0.462. The molecule has 98 valence electrons. The quantitative estimate of drug-likeness (QED) is 0.623. The monoisotopic (exact) mass is 248 g/mol. The summed E-state index contributed by atoms with van der Waals surface area (Å²) in [5.74, 6) is 6.55. The maximum absolute atomic E-state index is 5.65. The summed E-state index contributed by atoms with van der Waals surface area (Å²) in [6, 6.07) is 4.13. The van der Waals surface area contributed by atoms with Crippen molar-refractivity contribution in [2.24, 2.45) is 12.9 Å². The summed E-state index contributed by atoms with van der Waals surface area (Å²) >= 11 is 0. The molecule has 0 aromatic carbocycles. The van der Waals surface area contributed by atoms with E-state index in [1.807, 2.05) is 24.7 Å². The van der Waals surface area contributed by atoms with Crippen molar-refractivity contribution in [1.82, 2.24) is 15.2 Å². The van der Waals surface area contributed by atoms with Gasteiger partial charge in [0, 0.05) is 24.7 Å². The highest BCUT2D eigenvalue weighted by Crippen LogP contribution is 2.22. The Morgan fingerprint density at radius 1 is 1.56 bits per heavy atom.